The number of aryl methyl sites for hydroxylation is 1. The summed E-state index contributed by atoms with van der Waals surface area (Å²) in [6.45, 7) is 4.09. The Bertz CT molecular complexity index is 1240. The molecule has 0 radical (unpaired) electrons. The molecular weight excluding hydrogens is 498 g/mol. The van der Waals surface area contributed by atoms with Gasteiger partial charge in [-0.3, -0.25) is 4.79 Å². The first-order valence-electron chi connectivity index (χ1n) is 11.4. The number of allylic oxidation sites excluding steroid dienone is 2. The molecule has 0 bridgehead atoms. The summed E-state index contributed by atoms with van der Waals surface area (Å²) in [7, 11) is 1.52. The second kappa shape index (κ2) is 13.2. The Morgan fingerprint density at radius 2 is 1.89 bits per heavy atom. The minimum atomic E-state index is -0.744. The quantitative estimate of drug-likeness (QED) is 0.326. The molecule has 0 unspecified atom stereocenters. The molecule has 188 valence electrons. The number of thioether (sulfide) groups is 1. The van der Waals surface area contributed by atoms with E-state index >= 15 is 0 Å². The van der Waals surface area contributed by atoms with Crippen LogP contribution >= 0.6 is 23.4 Å². The largest absolute Gasteiger partial charge is 0.460 e. The summed E-state index contributed by atoms with van der Waals surface area (Å²) in [6.07, 6.45) is 0.793. The Labute approximate surface area is 220 Å². The summed E-state index contributed by atoms with van der Waals surface area (Å²) in [4.78, 5) is 25.8. The first-order chi connectivity index (χ1) is 17.4. The average Bonchev–Trinajstić information content (AvgIpc) is 2.87. The van der Waals surface area contributed by atoms with Gasteiger partial charge in [0.25, 0.3) is 0 Å². The number of hydrogen-bond acceptors (Lipinski definition) is 7. The van der Waals surface area contributed by atoms with E-state index in [-0.39, 0.29) is 24.9 Å². The van der Waals surface area contributed by atoms with Crippen LogP contribution in [0.5, 0.6) is 0 Å². The molecule has 1 atom stereocenters. The molecule has 2 aromatic carbocycles. The maximum Gasteiger partial charge on any atom is 0.336 e. The van der Waals surface area contributed by atoms with E-state index in [1.54, 1.807) is 31.2 Å². The number of carbonyl (C=O) groups excluding carboxylic acids is 2. The van der Waals surface area contributed by atoms with Gasteiger partial charge >= 0.3 is 5.97 Å². The molecule has 1 amide bonds. The molecule has 1 aliphatic heterocycles. The molecule has 2 aromatic rings. The standard InChI is InChI=1S/C27H28ClN3O4S/c1-4-18-9-5-8-12-22(18)31-23(32)16-36-26-20(15-29)25(19-10-6-7-11-21(19)28)24(17(2)30-26)27(33)35-14-13-34-3/h5-12,25,30H,4,13-14,16H2,1-3H3,(H,31,32)/t25-/m1/s1. The lowest BCUT2D eigenvalue weighted by Gasteiger charge is -2.29. The monoisotopic (exact) mass is 525 g/mol. The van der Waals surface area contributed by atoms with E-state index in [4.69, 9.17) is 21.1 Å². The van der Waals surface area contributed by atoms with E-state index in [1.807, 2.05) is 31.2 Å². The van der Waals surface area contributed by atoms with Crippen molar-refractivity contribution >= 4 is 40.9 Å². The van der Waals surface area contributed by atoms with E-state index in [1.165, 1.54) is 18.9 Å². The van der Waals surface area contributed by atoms with E-state index in [0.29, 0.717) is 32.5 Å². The van der Waals surface area contributed by atoms with Crippen LogP contribution in [0.1, 0.15) is 30.9 Å². The van der Waals surface area contributed by atoms with Crippen LogP contribution in [0.25, 0.3) is 0 Å². The van der Waals surface area contributed by atoms with Crippen LogP contribution in [-0.2, 0) is 25.5 Å². The van der Waals surface area contributed by atoms with Gasteiger partial charge in [-0.15, -0.1) is 0 Å². The molecule has 0 saturated carbocycles. The number of halogens is 1. The van der Waals surface area contributed by atoms with Crippen molar-refractivity contribution in [2.45, 2.75) is 26.2 Å². The van der Waals surface area contributed by atoms with Crippen LogP contribution in [-0.4, -0.2) is 38.0 Å². The third kappa shape index (κ3) is 6.49. The molecule has 3 rings (SSSR count). The number of ether oxygens (including phenoxy) is 2. The van der Waals surface area contributed by atoms with E-state index in [9.17, 15) is 14.9 Å². The summed E-state index contributed by atoms with van der Waals surface area (Å²) in [5, 5.41) is 17.2. The third-order valence-corrected chi connectivity index (χ3v) is 6.99. The van der Waals surface area contributed by atoms with Gasteiger partial charge in [0.15, 0.2) is 0 Å². The minimum absolute atomic E-state index is 0.0711. The maximum absolute atomic E-state index is 13.1. The summed E-state index contributed by atoms with van der Waals surface area (Å²) >= 11 is 7.70. The van der Waals surface area contributed by atoms with Gasteiger partial charge in [-0.05, 0) is 36.6 Å². The predicted octanol–water partition coefficient (Wildman–Crippen LogP) is 5.16. The number of rotatable bonds is 10. The molecule has 9 heteroatoms. The van der Waals surface area contributed by atoms with Gasteiger partial charge in [0.2, 0.25) is 5.91 Å². The van der Waals surface area contributed by atoms with E-state index < -0.39 is 11.9 Å². The number of carbonyl (C=O) groups is 2. The molecule has 1 heterocycles. The average molecular weight is 526 g/mol. The SMILES string of the molecule is CCc1ccccc1NC(=O)CSC1=C(C#N)[C@@H](c2ccccc2Cl)C(C(=O)OCCOC)=C(C)N1. The highest BCUT2D eigenvalue weighted by molar-refractivity contribution is 8.03. The summed E-state index contributed by atoms with van der Waals surface area (Å²) < 4.78 is 10.4. The van der Waals surface area contributed by atoms with Crippen molar-refractivity contribution in [3.63, 3.8) is 0 Å². The Hall–Kier alpha value is -3.25. The summed E-state index contributed by atoms with van der Waals surface area (Å²) in [5.74, 6) is -1.44. The molecule has 0 aromatic heterocycles. The zero-order chi connectivity index (χ0) is 26.1. The topological polar surface area (TPSA) is 100 Å². The molecule has 0 fully saturated rings. The van der Waals surface area contributed by atoms with Gasteiger partial charge < -0.3 is 20.1 Å². The number of nitriles is 1. The Morgan fingerprint density at radius 1 is 1.17 bits per heavy atom. The second-order valence-electron chi connectivity index (χ2n) is 7.95. The number of benzene rings is 2. The number of anilines is 1. The van der Waals surface area contributed by atoms with Gasteiger partial charge in [0, 0.05) is 23.5 Å². The van der Waals surface area contributed by atoms with Gasteiger partial charge in [-0.25, -0.2) is 4.79 Å². The van der Waals surface area contributed by atoms with Crippen molar-refractivity contribution in [1.82, 2.24) is 5.32 Å². The van der Waals surface area contributed by atoms with E-state index in [2.05, 4.69) is 16.7 Å². The van der Waals surface area contributed by atoms with Crippen LogP contribution in [0.4, 0.5) is 5.69 Å². The van der Waals surface area contributed by atoms with Crippen LogP contribution in [0.2, 0.25) is 5.02 Å². The van der Waals surface area contributed by atoms with Crippen molar-refractivity contribution in [2.24, 2.45) is 0 Å². The number of para-hydroxylation sites is 1. The lowest BCUT2D eigenvalue weighted by Crippen LogP contribution is -2.30. The lowest BCUT2D eigenvalue weighted by atomic mass is 9.82. The molecule has 0 aliphatic carbocycles. The third-order valence-electron chi connectivity index (χ3n) is 5.62. The fourth-order valence-electron chi connectivity index (χ4n) is 3.89. The maximum atomic E-state index is 13.1. The number of nitrogens with one attached hydrogen (secondary N) is 2. The fourth-order valence-corrected chi connectivity index (χ4v) is 5.02. The highest BCUT2D eigenvalue weighted by Crippen LogP contribution is 2.43. The van der Waals surface area contributed by atoms with Crippen molar-refractivity contribution in [1.29, 1.82) is 5.26 Å². The molecule has 1 aliphatic rings. The fraction of sp³-hybridized carbons (Fsp3) is 0.296. The zero-order valence-electron chi connectivity index (χ0n) is 20.4. The number of esters is 1. The number of hydrogen-bond donors (Lipinski definition) is 2. The van der Waals surface area contributed by atoms with Crippen molar-refractivity contribution < 1.29 is 19.1 Å². The smallest absolute Gasteiger partial charge is 0.336 e. The molecule has 0 saturated heterocycles. The van der Waals surface area contributed by atoms with E-state index in [0.717, 1.165) is 17.7 Å². The zero-order valence-corrected chi connectivity index (χ0v) is 22.0. The molecular formula is C27H28ClN3O4S. The first-order valence-corrected chi connectivity index (χ1v) is 12.8. The van der Waals surface area contributed by atoms with Crippen molar-refractivity contribution in [2.75, 3.05) is 31.4 Å². The van der Waals surface area contributed by atoms with Gasteiger partial charge in [-0.1, -0.05) is 66.7 Å². The van der Waals surface area contributed by atoms with Gasteiger partial charge in [-0.2, -0.15) is 5.26 Å². The van der Waals surface area contributed by atoms with Crippen LogP contribution < -0.4 is 10.6 Å². The minimum Gasteiger partial charge on any atom is -0.460 e. The number of nitrogens with zero attached hydrogens (tertiary/aromatic N) is 1. The molecule has 7 nitrogen and oxygen atoms in total. The van der Waals surface area contributed by atoms with Crippen molar-refractivity contribution in [3.8, 4) is 6.07 Å². The number of methoxy groups -OCH3 is 1. The Morgan fingerprint density at radius 3 is 2.58 bits per heavy atom. The Kier molecular flexibility index (Phi) is 10.00. The van der Waals surface area contributed by atoms with Crippen LogP contribution in [0.15, 0.2) is 70.4 Å². The first kappa shape index (κ1) is 27.3. The van der Waals surface area contributed by atoms with Gasteiger partial charge in [0.1, 0.15) is 6.61 Å². The predicted molar refractivity (Wildman–Crippen MR) is 142 cm³/mol. The highest BCUT2D eigenvalue weighted by atomic mass is 35.5. The number of dihydropyridines is 1. The van der Waals surface area contributed by atoms with Gasteiger partial charge in [0.05, 0.1) is 40.5 Å². The second-order valence-corrected chi connectivity index (χ2v) is 9.34. The highest BCUT2D eigenvalue weighted by Gasteiger charge is 2.36. The van der Waals surface area contributed by atoms with Crippen LogP contribution in [0.3, 0.4) is 0 Å². The summed E-state index contributed by atoms with van der Waals surface area (Å²) in [6, 6.07) is 16.9. The summed E-state index contributed by atoms with van der Waals surface area (Å²) in [5.41, 5.74) is 3.52. The normalized spacial score (nSPS) is 15.2. The molecule has 2 N–H and O–H groups in total. The van der Waals surface area contributed by atoms with Crippen molar-refractivity contribution in [3.05, 3.63) is 86.6 Å². The van der Waals surface area contributed by atoms with Crippen LogP contribution in [0, 0.1) is 11.3 Å². The lowest BCUT2D eigenvalue weighted by molar-refractivity contribution is -0.140. The molecule has 0 spiro atoms. The number of amides is 1. The Balaban J connectivity index is 1.90. The molecule has 36 heavy (non-hydrogen) atoms.